The predicted octanol–water partition coefficient (Wildman–Crippen LogP) is 2.46. The number of carbonyl (C=O) groups excluding carboxylic acids is 1. The number of nitrogens with zero attached hydrogens (tertiary/aromatic N) is 3. The van der Waals surface area contributed by atoms with Crippen LogP contribution in [0.1, 0.15) is 24.3 Å². The third-order valence-electron chi connectivity index (χ3n) is 3.86. The van der Waals surface area contributed by atoms with Crippen molar-refractivity contribution in [1.29, 1.82) is 0 Å². The average molecular weight is 285 g/mol. The number of aldehydes is 1. The summed E-state index contributed by atoms with van der Waals surface area (Å²) in [5.41, 5.74) is 2.13. The number of piperidine rings is 1. The molecule has 3 rings (SSSR count). The van der Waals surface area contributed by atoms with Crippen LogP contribution in [0.25, 0.3) is 11.5 Å². The van der Waals surface area contributed by atoms with E-state index >= 15 is 0 Å². The van der Waals surface area contributed by atoms with E-state index in [9.17, 15) is 4.79 Å². The summed E-state index contributed by atoms with van der Waals surface area (Å²) in [5, 5.41) is 8.22. The average Bonchev–Trinajstić information content (AvgIpc) is 2.96. The Morgan fingerprint density at radius 2 is 2.14 bits per heavy atom. The predicted molar refractivity (Wildman–Crippen MR) is 78.5 cm³/mol. The van der Waals surface area contributed by atoms with Gasteiger partial charge in [0.2, 0.25) is 11.8 Å². The molecule has 1 aliphatic heterocycles. The van der Waals surface area contributed by atoms with Crippen LogP contribution in [0.15, 0.2) is 28.7 Å². The van der Waals surface area contributed by atoms with Crippen LogP contribution in [-0.2, 0) is 11.3 Å². The fraction of sp³-hybridized carbons (Fsp3) is 0.438. The van der Waals surface area contributed by atoms with E-state index in [2.05, 4.69) is 15.1 Å². The monoisotopic (exact) mass is 285 g/mol. The maximum Gasteiger partial charge on any atom is 0.247 e. The number of rotatable bonds is 4. The molecule has 5 nitrogen and oxygen atoms in total. The quantitative estimate of drug-likeness (QED) is 0.808. The molecule has 0 N–H and O–H groups in total. The zero-order valence-electron chi connectivity index (χ0n) is 12.2. The lowest BCUT2D eigenvalue weighted by Crippen LogP contribution is -2.35. The van der Waals surface area contributed by atoms with Crippen LogP contribution in [0.2, 0.25) is 0 Å². The second-order valence-corrected chi connectivity index (χ2v) is 5.64. The zero-order chi connectivity index (χ0) is 14.7. The van der Waals surface area contributed by atoms with E-state index < -0.39 is 0 Å². The molecule has 1 aromatic carbocycles. The molecule has 0 aliphatic carbocycles. The summed E-state index contributed by atoms with van der Waals surface area (Å²) >= 11 is 0. The Kier molecular flexibility index (Phi) is 4.10. The highest BCUT2D eigenvalue weighted by molar-refractivity contribution is 5.54. The smallest absolute Gasteiger partial charge is 0.247 e. The van der Waals surface area contributed by atoms with Gasteiger partial charge in [-0.2, -0.15) is 0 Å². The maximum atomic E-state index is 10.9. The molecular formula is C16H19N3O2. The minimum absolute atomic E-state index is 0.137. The van der Waals surface area contributed by atoms with E-state index in [1.807, 2.05) is 31.2 Å². The van der Waals surface area contributed by atoms with Gasteiger partial charge < -0.3 is 9.21 Å². The van der Waals surface area contributed by atoms with Gasteiger partial charge in [-0.25, -0.2) is 0 Å². The highest BCUT2D eigenvalue weighted by Gasteiger charge is 2.21. The number of hydrogen-bond acceptors (Lipinski definition) is 5. The first-order valence-corrected chi connectivity index (χ1v) is 7.31. The minimum Gasteiger partial charge on any atom is -0.419 e. The van der Waals surface area contributed by atoms with Gasteiger partial charge in [-0.3, -0.25) is 4.90 Å². The number of carbonyl (C=O) groups is 1. The van der Waals surface area contributed by atoms with Crippen LogP contribution in [-0.4, -0.2) is 34.5 Å². The molecule has 1 unspecified atom stereocenters. The van der Waals surface area contributed by atoms with E-state index in [-0.39, 0.29) is 5.92 Å². The molecule has 21 heavy (non-hydrogen) atoms. The fourth-order valence-electron chi connectivity index (χ4n) is 2.67. The van der Waals surface area contributed by atoms with Gasteiger partial charge in [0.15, 0.2) is 0 Å². The Labute approximate surface area is 124 Å². The maximum absolute atomic E-state index is 10.9. The fourth-order valence-corrected chi connectivity index (χ4v) is 2.67. The Balaban J connectivity index is 1.67. The second-order valence-electron chi connectivity index (χ2n) is 5.64. The Hall–Kier alpha value is -2.01. The molecular weight excluding hydrogens is 266 g/mol. The van der Waals surface area contributed by atoms with Crippen molar-refractivity contribution in [2.45, 2.75) is 26.3 Å². The molecule has 110 valence electrons. The van der Waals surface area contributed by atoms with Crippen molar-refractivity contribution in [1.82, 2.24) is 15.1 Å². The van der Waals surface area contributed by atoms with Crippen LogP contribution in [0.5, 0.6) is 0 Å². The van der Waals surface area contributed by atoms with Gasteiger partial charge in [-0.15, -0.1) is 10.2 Å². The Morgan fingerprint density at radius 1 is 1.33 bits per heavy atom. The van der Waals surface area contributed by atoms with Crippen molar-refractivity contribution in [3.8, 4) is 11.5 Å². The largest absolute Gasteiger partial charge is 0.419 e. The highest BCUT2D eigenvalue weighted by atomic mass is 16.4. The third-order valence-corrected chi connectivity index (χ3v) is 3.86. The van der Waals surface area contributed by atoms with E-state index in [1.165, 1.54) is 5.56 Å². The summed E-state index contributed by atoms with van der Waals surface area (Å²) in [4.78, 5) is 13.1. The van der Waals surface area contributed by atoms with Crippen molar-refractivity contribution in [2.75, 3.05) is 13.1 Å². The SMILES string of the molecule is Cc1ccc(-c2nnc(CN3CCCC(C=O)C3)o2)cc1. The molecule has 1 atom stereocenters. The number of aryl methyl sites for hydroxylation is 1. The molecule has 1 aliphatic rings. The summed E-state index contributed by atoms with van der Waals surface area (Å²) in [5.74, 6) is 1.30. The van der Waals surface area contributed by atoms with Gasteiger partial charge in [-0.1, -0.05) is 17.7 Å². The van der Waals surface area contributed by atoms with Gasteiger partial charge in [0.1, 0.15) is 6.29 Å². The summed E-state index contributed by atoms with van der Waals surface area (Å²) < 4.78 is 5.73. The van der Waals surface area contributed by atoms with Crippen LogP contribution in [0.4, 0.5) is 0 Å². The van der Waals surface area contributed by atoms with Crippen molar-refractivity contribution in [3.05, 3.63) is 35.7 Å². The molecule has 0 spiro atoms. The van der Waals surface area contributed by atoms with Crippen molar-refractivity contribution < 1.29 is 9.21 Å². The number of aromatic nitrogens is 2. The molecule has 0 radical (unpaired) electrons. The molecule has 2 aromatic rings. The van der Waals surface area contributed by atoms with Crippen LogP contribution < -0.4 is 0 Å². The first-order valence-electron chi connectivity index (χ1n) is 7.31. The van der Waals surface area contributed by atoms with E-state index in [4.69, 9.17) is 4.42 Å². The molecule has 5 heteroatoms. The molecule has 1 aromatic heterocycles. The Bertz CT molecular complexity index is 606. The molecule has 1 fully saturated rings. The number of hydrogen-bond donors (Lipinski definition) is 0. The summed E-state index contributed by atoms with van der Waals surface area (Å²) in [6, 6.07) is 8.02. The van der Waals surface area contributed by atoms with E-state index in [1.54, 1.807) is 0 Å². The van der Waals surface area contributed by atoms with Gasteiger partial charge in [-0.05, 0) is 38.4 Å². The standard InChI is InChI=1S/C16H19N3O2/c1-12-4-6-14(7-5-12)16-18-17-15(21-16)10-19-8-2-3-13(9-19)11-20/h4-7,11,13H,2-3,8-10H2,1H3. The summed E-state index contributed by atoms with van der Waals surface area (Å²) in [6.07, 6.45) is 3.08. The van der Waals surface area contributed by atoms with Gasteiger partial charge in [0.05, 0.1) is 6.54 Å². The summed E-state index contributed by atoms with van der Waals surface area (Å²) in [6.45, 7) is 4.42. The second kappa shape index (κ2) is 6.18. The van der Waals surface area contributed by atoms with Crippen LogP contribution in [0.3, 0.4) is 0 Å². The molecule has 0 saturated carbocycles. The lowest BCUT2D eigenvalue weighted by atomic mass is 10.00. The lowest BCUT2D eigenvalue weighted by molar-refractivity contribution is -0.112. The normalized spacial score (nSPS) is 19.6. The number of likely N-dealkylation sites (tertiary alicyclic amines) is 1. The van der Waals surface area contributed by atoms with Crippen molar-refractivity contribution >= 4 is 6.29 Å². The van der Waals surface area contributed by atoms with Crippen molar-refractivity contribution in [2.24, 2.45) is 5.92 Å². The zero-order valence-corrected chi connectivity index (χ0v) is 12.2. The third kappa shape index (κ3) is 3.36. The summed E-state index contributed by atoms with van der Waals surface area (Å²) in [7, 11) is 0. The van der Waals surface area contributed by atoms with E-state index in [0.717, 1.165) is 37.8 Å². The van der Waals surface area contributed by atoms with Crippen LogP contribution in [0, 0.1) is 12.8 Å². The van der Waals surface area contributed by atoms with Gasteiger partial charge in [0, 0.05) is 18.0 Å². The molecule has 1 saturated heterocycles. The van der Waals surface area contributed by atoms with Crippen LogP contribution >= 0.6 is 0 Å². The first-order chi connectivity index (χ1) is 10.2. The highest BCUT2D eigenvalue weighted by Crippen LogP contribution is 2.20. The molecule has 2 heterocycles. The lowest BCUT2D eigenvalue weighted by Gasteiger charge is -2.28. The van der Waals surface area contributed by atoms with Gasteiger partial charge >= 0.3 is 0 Å². The molecule has 0 bridgehead atoms. The number of benzene rings is 1. The van der Waals surface area contributed by atoms with Crippen molar-refractivity contribution in [3.63, 3.8) is 0 Å². The van der Waals surface area contributed by atoms with Gasteiger partial charge in [0.25, 0.3) is 0 Å². The minimum atomic E-state index is 0.137. The van der Waals surface area contributed by atoms with E-state index in [0.29, 0.717) is 18.3 Å². The topological polar surface area (TPSA) is 59.2 Å². The first kappa shape index (κ1) is 13.9. The Morgan fingerprint density at radius 3 is 2.90 bits per heavy atom. The molecule has 0 amide bonds.